The minimum atomic E-state index is -0.735. The van der Waals surface area contributed by atoms with E-state index in [1.165, 1.54) is 20.3 Å². The van der Waals surface area contributed by atoms with E-state index >= 15 is 0 Å². The van der Waals surface area contributed by atoms with Crippen LogP contribution in [0.25, 0.3) is 44.8 Å². The molecule has 3 aromatic heterocycles. The van der Waals surface area contributed by atoms with Crippen LogP contribution in [0, 0.1) is 11.8 Å². The highest BCUT2D eigenvalue weighted by molar-refractivity contribution is 5.88. The molecule has 59 heavy (non-hydrogen) atoms. The van der Waals surface area contributed by atoms with Crippen molar-refractivity contribution in [3.63, 3.8) is 0 Å². The molecule has 2 fully saturated rings. The molecule has 4 N–H and O–H groups in total. The molecule has 0 bridgehead atoms. The molecular weight excluding hydrogens is 757 g/mol. The van der Waals surface area contributed by atoms with Crippen molar-refractivity contribution in [2.75, 3.05) is 27.3 Å². The number of aromatic amines is 2. The van der Waals surface area contributed by atoms with Gasteiger partial charge in [-0.2, -0.15) is 0 Å². The van der Waals surface area contributed by atoms with Gasteiger partial charge in [0.2, 0.25) is 11.8 Å². The van der Waals surface area contributed by atoms with Crippen molar-refractivity contribution in [3.8, 4) is 33.8 Å². The number of ether oxygens (including phenoxy) is 2. The molecule has 0 aliphatic carbocycles. The third-order valence-electron chi connectivity index (χ3n) is 11.2. The number of nitrogens with zero attached hydrogens (tertiary/aromatic N) is 4. The van der Waals surface area contributed by atoms with Crippen LogP contribution in [-0.4, -0.2) is 93.1 Å². The van der Waals surface area contributed by atoms with Crippen molar-refractivity contribution in [1.82, 2.24) is 40.4 Å². The van der Waals surface area contributed by atoms with Crippen LogP contribution in [0.4, 0.5) is 9.59 Å². The SMILES string of the molecule is COC(=O)N[C@H](C(=O)N1CCC[C@H]1c1ncc(-c2ccc(-c3cc(=O)c4cc(-c5cnc([C@@H]6CCCN6C(=O)[C@@H](NC(=O)OC)C(C)C)[nH]5)ccc4o3)cc2)[nH]1)C(C)C. The van der Waals surface area contributed by atoms with Gasteiger partial charge in [-0.3, -0.25) is 14.4 Å². The highest BCUT2D eigenvalue weighted by Gasteiger charge is 2.39. The summed E-state index contributed by atoms with van der Waals surface area (Å²) >= 11 is 0. The zero-order valence-corrected chi connectivity index (χ0v) is 34.0. The molecule has 7 rings (SSSR count). The summed E-state index contributed by atoms with van der Waals surface area (Å²) in [6.45, 7) is 8.61. The molecule has 2 aromatic carbocycles. The van der Waals surface area contributed by atoms with Crippen molar-refractivity contribution < 1.29 is 33.1 Å². The van der Waals surface area contributed by atoms with E-state index in [1.54, 1.807) is 34.3 Å². The second-order valence-corrected chi connectivity index (χ2v) is 15.7. The Bertz CT molecular complexity index is 2400. The van der Waals surface area contributed by atoms with Gasteiger partial charge in [-0.15, -0.1) is 0 Å². The number of methoxy groups -OCH3 is 2. The quantitative estimate of drug-likeness (QED) is 0.117. The number of hydrogen-bond donors (Lipinski definition) is 4. The van der Waals surface area contributed by atoms with Crippen LogP contribution < -0.4 is 16.1 Å². The Kier molecular flexibility index (Phi) is 11.9. The lowest BCUT2D eigenvalue weighted by atomic mass is 10.0. The van der Waals surface area contributed by atoms with Crippen LogP contribution in [-0.2, 0) is 19.1 Å². The topological polar surface area (TPSA) is 205 Å². The number of alkyl carbamates (subject to hydrolysis) is 2. The normalized spacial score (nSPS) is 17.7. The Morgan fingerprint density at radius 2 is 1.19 bits per heavy atom. The number of nitrogens with one attached hydrogen (secondary N) is 4. The number of benzene rings is 2. The monoisotopic (exact) mass is 806 g/mol. The number of amides is 4. The Morgan fingerprint density at radius 1 is 0.712 bits per heavy atom. The number of hydrogen-bond acceptors (Lipinski definition) is 10. The van der Waals surface area contributed by atoms with E-state index in [-0.39, 0.29) is 41.2 Å². The van der Waals surface area contributed by atoms with Gasteiger partial charge in [0.25, 0.3) is 0 Å². The highest BCUT2D eigenvalue weighted by atomic mass is 16.5. The van der Waals surface area contributed by atoms with Crippen molar-refractivity contribution in [2.24, 2.45) is 11.8 Å². The van der Waals surface area contributed by atoms with Crippen LogP contribution in [0.1, 0.15) is 77.1 Å². The van der Waals surface area contributed by atoms with Crippen LogP contribution in [0.2, 0.25) is 0 Å². The van der Waals surface area contributed by atoms with Gasteiger partial charge in [-0.25, -0.2) is 19.6 Å². The summed E-state index contributed by atoms with van der Waals surface area (Å²) < 4.78 is 15.7. The summed E-state index contributed by atoms with van der Waals surface area (Å²) in [6.07, 6.45) is 5.20. The molecule has 16 heteroatoms. The van der Waals surface area contributed by atoms with E-state index in [2.05, 4.69) is 30.6 Å². The minimum Gasteiger partial charge on any atom is -0.456 e. The standard InChI is InChI=1S/C43H50N8O8/c1-23(2)36(48-42(55)57-5)40(53)50-17-7-9-31(50)38-44-21-29(46-38)25-11-13-26(14-12-25)35-20-33(52)28-19-27(15-16-34(28)59-35)30-22-45-39(47-30)32-10-8-18-51(32)41(54)37(24(3)4)49-43(56)58-6/h11-16,19-24,31-32,36-37H,7-10,17-18H2,1-6H3,(H,44,46)(H,45,47)(H,48,55)(H,49,56)/t31-,32-,36-,37-/m0/s1. The number of carbonyl (C=O) groups is 4. The van der Waals surface area contributed by atoms with Gasteiger partial charge in [0.15, 0.2) is 5.43 Å². The lowest BCUT2D eigenvalue weighted by molar-refractivity contribution is -0.136. The molecule has 5 heterocycles. The molecule has 0 radical (unpaired) electrons. The third kappa shape index (κ3) is 8.43. The van der Waals surface area contributed by atoms with E-state index in [4.69, 9.17) is 13.9 Å². The third-order valence-corrected chi connectivity index (χ3v) is 11.2. The van der Waals surface area contributed by atoms with Crippen molar-refractivity contribution in [2.45, 2.75) is 77.5 Å². The zero-order chi connectivity index (χ0) is 42.0. The van der Waals surface area contributed by atoms with Gasteiger partial charge in [-0.1, -0.05) is 52.0 Å². The van der Waals surface area contributed by atoms with Gasteiger partial charge in [-0.05, 0) is 61.3 Å². The summed E-state index contributed by atoms with van der Waals surface area (Å²) in [4.78, 5) is 84.1. The fourth-order valence-corrected chi connectivity index (χ4v) is 7.97. The molecule has 5 aromatic rings. The van der Waals surface area contributed by atoms with Crippen molar-refractivity contribution in [3.05, 3.63) is 82.8 Å². The van der Waals surface area contributed by atoms with E-state index in [0.29, 0.717) is 47.2 Å². The first-order valence-electron chi connectivity index (χ1n) is 20.0. The summed E-state index contributed by atoms with van der Waals surface area (Å²) in [7, 11) is 2.54. The van der Waals surface area contributed by atoms with E-state index in [9.17, 15) is 24.0 Å². The molecule has 4 atom stereocenters. The maximum absolute atomic E-state index is 13.6. The number of aromatic nitrogens is 4. The maximum atomic E-state index is 13.6. The molecule has 310 valence electrons. The molecule has 0 spiro atoms. The first-order valence-corrected chi connectivity index (χ1v) is 20.0. The van der Waals surface area contributed by atoms with Crippen LogP contribution in [0.5, 0.6) is 0 Å². The van der Waals surface area contributed by atoms with Crippen LogP contribution in [0.3, 0.4) is 0 Å². The molecule has 2 aliphatic heterocycles. The number of carbonyl (C=O) groups excluding carboxylic acids is 4. The molecule has 4 amide bonds. The number of likely N-dealkylation sites (tertiary alicyclic amines) is 2. The summed E-state index contributed by atoms with van der Waals surface area (Å²) in [6, 6.07) is 12.5. The average molecular weight is 807 g/mol. The Labute approximate surface area is 341 Å². The van der Waals surface area contributed by atoms with Crippen LogP contribution in [0.15, 0.2) is 70.1 Å². The number of fused-ring (bicyclic) bond motifs is 1. The maximum Gasteiger partial charge on any atom is 0.407 e. The predicted octanol–water partition coefficient (Wildman–Crippen LogP) is 6.33. The summed E-state index contributed by atoms with van der Waals surface area (Å²) in [5, 5.41) is 5.76. The Morgan fingerprint density at radius 3 is 1.68 bits per heavy atom. The molecule has 2 aliphatic rings. The second-order valence-electron chi connectivity index (χ2n) is 15.7. The van der Waals surface area contributed by atoms with E-state index < -0.39 is 24.3 Å². The highest BCUT2D eigenvalue weighted by Crippen LogP contribution is 2.35. The molecule has 16 nitrogen and oxygen atoms in total. The average Bonchev–Trinajstić information content (AvgIpc) is 4.08. The summed E-state index contributed by atoms with van der Waals surface area (Å²) in [5.74, 6) is 1.08. The van der Waals surface area contributed by atoms with Crippen molar-refractivity contribution >= 4 is 35.0 Å². The molecular formula is C43H50N8O8. The minimum absolute atomic E-state index is 0.132. The Balaban J connectivity index is 1.05. The molecule has 0 unspecified atom stereocenters. The summed E-state index contributed by atoms with van der Waals surface area (Å²) in [5.41, 5.74) is 4.02. The van der Waals surface area contributed by atoms with Gasteiger partial charge >= 0.3 is 12.2 Å². The van der Waals surface area contributed by atoms with Gasteiger partial charge in [0.1, 0.15) is 35.1 Å². The molecule has 2 saturated heterocycles. The Hall–Kier alpha value is -6.45. The first kappa shape index (κ1) is 40.7. The van der Waals surface area contributed by atoms with Crippen LogP contribution >= 0.6 is 0 Å². The van der Waals surface area contributed by atoms with E-state index in [1.807, 2.05) is 58.0 Å². The smallest absolute Gasteiger partial charge is 0.407 e. The van der Waals surface area contributed by atoms with Gasteiger partial charge in [0.05, 0.1) is 55.5 Å². The second kappa shape index (κ2) is 17.2. The van der Waals surface area contributed by atoms with Gasteiger partial charge < -0.3 is 44.3 Å². The number of H-pyrrole nitrogens is 2. The fraction of sp³-hybridized carbons (Fsp3) is 0.419. The molecule has 0 saturated carbocycles. The zero-order valence-electron chi connectivity index (χ0n) is 34.0. The number of rotatable bonds is 11. The number of imidazole rings is 2. The predicted molar refractivity (Wildman–Crippen MR) is 219 cm³/mol. The lowest BCUT2D eigenvalue weighted by Crippen LogP contribution is -2.51. The van der Waals surface area contributed by atoms with Gasteiger partial charge in [0, 0.05) is 30.3 Å². The fourth-order valence-electron chi connectivity index (χ4n) is 7.97. The van der Waals surface area contributed by atoms with E-state index in [0.717, 1.165) is 48.1 Å². The lowest BCUT2D eigenvalue weighted by Gasteiger charge is -2.30. The first-order chi connectivity index (χ1) is 28.4. The largest absolute Gasteiger partial charge is 0.456 e. The van der Waals surface area contributed by atoms with Crippen molar-refractivity contribution in [1.29, 1.82) is 0 Å².